The fourth-order valence-electron chi connectivity index (χ4n) is 3.21. The summed E-state index contributed by atoms with van der Waals surface area (Å²) in [6.45, 7) is 2.27. The third-order valence-electron chi connectivity index (χ3n) is 4.45. The van der Waals surface area contributed by atoms with Crippen molar-refractivity contribution in [2.45, 2.75) is 13.3 Å². The SMILES string of the molecule is C[C@@H]1[C@@H](/C=N\Nc2ccc([N+](=O)[O-])cc2)[C@H]2C=C[C@H]1C2. The van der Waals surface area contributed by atoms with Crippen molar-refractivity contribution in [3.63, 3.8) is 0 Å². The van der Waals surface area contributed by atoms with E-state index in [2.05, 4.69) is 29.6 Å². The normalized spacial score (nSPS) is 31.1. The lowest BCUT2D eigenvalue weighted by atomic mass is 9.85. The van der Waals surface area contributed by atoms with Crippen LogP contribution < -0.4 is 5.43 Å². The van der Waals surface area contributed by atoms with Crippen LogP contribution in [0, 0.1) is 33.8 Å². The Bertz CT molecular complexity index is 565. The first-order valence-electron chi connectivity index (χ1n) is 6.87. The summed E-state index contributed by atoms with van der Waals surface area (Å²) >= 11 is 0. The third-order valence-corrected chi connectivity index (χ3v) is 4.45. The maximum atomic E-state index is 10.6. The molecule has 1 aromatic carbocycles. The third kappa shape index (κ3) is 2.31. The Balaban J connectivity index is 1.60. The van der Waals surface area contributed by atoms with E-state index < -0.39 is 4.92 Å². The average Bonchev–Trinajstić information content (AvgIpc) is 3.02. The molecule has 2 aliphatic rings. The lowest BCUT2D eigenvalue weighted by Gasteiger charge is -2.20. The van der Waals surface area contributed by atoms with E-state index in [1.54, 1.807) is 12.1 Å². The molecule has 1 N–H and O–H groups in total. The van der Waals surface area contributed by atoms with Gasteiger partial charge in [-0.2, -0.15) is 5.10 Å². The van der Waals surface area contributed by atoms with Gasteiger partial charge in [-0.05, 0) is 36.3 Å². The van der Waals surface area contributed by atoms with Crippen LogP contribution >= 0.6 is 0 Å². The average molecular weight is 271 g/mol. The first-order valence-corrected chi connectivity index (χ1v) is 6.87. The van der Waals surface area contributed by atoms with Crippen LogP contribution in [0.3, 0.4) is 0 Å². The molecule has 20 heavy (non-hydrogen) atoms. The summed E-state index contributed by atoms with van der Waals surface area (Å²) in [6.07, 6.45) is 7.85. The molecule has 5 nitrogen and oxygen atoms in total. The minimum Gasteiger partial charge on any atom is -0.279 e. The van der Waals surface area contributed by atoms with E-state index in [1.165, 1.54) is 18.6 Å². The van der Waals surface area contributed by atoms with Crippen molar-refractivity contribution in [2.75, 3.05) is 5.43 Å². The maximum Gasteiger partial charge on any atom is 0.269 e. The van der Waals surface area contributed by atoms with Crippen LogP contribution in [-0.4, -0.2) is 11.1 Å². The zero-order valence-electron chi connectivity index (χ0n) is 11.3. The standard InChI is InChI=1S/C15H17N3O2/c1-10-11-2-3-12(8-11)15(10)9-16-17-13-4-6-14(7-5-13)18(19)20/h2-7,9-12,15,17H,8H2,1H3/b16-9-/t10-,11-,12-,15+/m0/s1. The van der Waals surface area contributed by atoms with Crippen molar-refractivity contribution in [1.82, 2.24) is 0 Å². The minimum atomic E-state index is -0.406. The van der Waals surface area contributed by atoms with Gasteiger partial charge in [-0.3, -0.25) is 15.5 Å². The van der Waals surface area contributed by atoms with Gasteiger partial charge in [0.15, 0.2) is 0 Å². The van der Waals surface area contributed by atoms with Gasteiger partial charge in [-0.25, -0.2) is 0 Å². The molecule has 2 aliphatic carbocycles. The highest BCUT2D eigenvalue weighted by atomic mass is 16.6. The zero-order chi connectivity index (χ0) is 14.1. The van der Waals surface area contributed by atoms with Gasteiger partial charge in [0, 0.05) is 24.3 Å². The van der Waals surface area contributed by atoms with Crippen LogP contribution in [0.25, 0.3) is 0 Å². The molecule has 0 spiro atoms. The van der Waals surface area contributed by atoms with Crippen molar-refractivity contribution in [3.05, 3.63) is 46.5 Å². The number of non-ortho nitro benzene ring substituents is 1. The highest BCUT2D eigenvalue weighted by Gasteiger charge is 2.40. The molecule has 2 bridgehead atoms. The number of allylic oxidation sites excluding steroid dienone is 2. The summed E-state index contributed by atoms with van der Waals surface area (Å²) in [5.74, 6) is 2.47. The fraction of sp³-hybridized carbons (Fsp3) is 0.400. The number of hydrazone groups is 1. The van der Waals surface area contributed by atoms with E-state index in [0.29, 0.717) is 23.7 Å². The smallest absolute Gasteiger partial charge is 0.269 e. The molecule has 0 unspecified atom stereocenters. The van der Waals surface area contributed by atoms with Gasteiger partial charge in [0.05, 0.1) is 10.6 Å². The highest BCUT2D eigenvalue weighted by Crippen LogP contribution is 2.46. The Morgan fingerprint density at radius 3 is 2.60 bits per heavy atom. The van der Waals surface area contributed by atoms with Crippen LogP contribution in [0.1, 0.15) is 13.3 Å². The van der Waals surface area contributed by atoms with Crippen molar-refractivity contribution in [3.8, 4) is 0 Å². The molecule has 3 rings (SSSR count). The van der Waals surface area contributed by atoms with Gasteiger partial charge in [0.25, 0.3) is 5.69 Å². The summed E-state index contributed by atoms with van der Waals surface area (Å²) in [7, 11) is 0. The van der Waals surface area contributed by atoms with Crippen molar-refractivity contribution in [2.24, 2.45) is 28.8 Å². The van der Waals surface area contributed by atoms with Gasteiger partial charge in [-0.15, -0.1) is 0 Å². The molecule has 4 atom stereocenters. The number of nitro benzene ring substituents is 1. The van der Waals surface area contributed by atoms with E-state index >= 15 is 0 Å². The van der Waals surface area contributed by atoms with E-state index in [4.69, 9.17) is 0 Å². The highest BCUT2D eigenvalue weighted by molar-refractivity contribution is 5.65. The quantitative estimate of drug-likeness (QED) is 0.394. The summed E-state index contributed by atoms with van der Waals surface area (Å²) < 4.78 is 0. The number of nitrogens with zero attached hydrogens (tertiary/aromatic N) is 2. The van der Waals surface area contributed by atoms with E-state index in [0.717, 1.165) is 5.69 Å². The second-order valence-corrected chi connectivity index (χ2v) is 5.58. The number of anilines is 1. The van der Waals surface area contributed by atoms with Crippen molar-refractivity contribution in [1.29, 1.82) is 0 Å². The van der Waals surface area contributed by atoms with Gasteiger partial charge in [-0.1, -0.05) is 19.1 Å². The molecule has 0 radical (unpaired) electrons. The van der Waals surface area contributed by atoms with E-state index in [1.807, 2.05) is 6.21 Å². The first-order chi connectivity index (χ1) is 9.65. The molecule has 1 aromatic rings. The molecule has 0 amide bonds. The Hall–Kier alpha value is -2.17. The number of nitro groups is 1. The summed E-state index contributed by atoms with van der Waals surface area (Å²) in [4.78, 5) is 10.2. The number of fused-ring (bicyclic) bond motifs is 2. The van der Waals surface area contributed by atoms with Crippen LogP contribution in [-0.2, 0) is 0 Å². The number of hydrogen-bond donors (Lipinski definition) is 1. The maximum absolute atomic E-state index is 10.6. The van der Waals surface area contributed by atoms with Crippen molar-refractivity contribution < 1.29 is 4.92 Å². The molecule has 1 saturated carbocycles. The predicted molar refractivity (Wildman–Crippen MR) is 78.6 cm³/mol. The molecule has 0 heterocycles. The van der Waals surface area contributed by atoms with Gasteiger partial charge in [0.1, 0.15) is 0 Å². The molecule has 0 aromatic heterocycles. The monoisotopic (exact) mass is 271 g/mol. The Morgan fingerprint density at radius 1 is 1.30 bits per heavy atom. The lowest BCUT2D eigenvalue weighted by Crippen LogP contribution is -2.18. The predicted octanol–water partition coefficient (Wildman–Crippen LogP) is 3.45. The van der Waals surface area contributed by atoms with Gasteiger partial charge in [0.2, 0.25) is 0 Å². The number of hydrogen-bond acceptors (Lipinski definition) is 4. The fourth-order valence-corrected chi connectivity index (χ4v) is 3.21. The van der Waals surface area contributed by atoms with E-state index in [-0.39, 0.29) is 5.69 Å². The minimum absolute atomic E-state index is 0.0893. The van der Waals surface area contributed by atoms with Gasteiger partial charge >= 0.3 is 0 Å². The molecular weight excluding hydrogens is 254 g/mol. The molecule has 0 aliphatic heterocycles. The Kier molecular flexibility index (Phi) is 3.26. The molecule has 5 heteroatoms. The second kappa shape index (κ2) is 5.07. The number of nitrogens with one attached hydrogen (secondary N) is 1. The summed E-state index contributed by atoms with van der Waals surface area (Å²) in [5.41, 5.74) is 3.79. The first kappa shape index (κ1) is 12.8. The lowest BCUT2D eigenvalue weighted by molar-refractivity contribution is -0.384. The van der Waals surface area contributed by atoms with Crippen LogP contribution in [0.4, 0.5) is 11.4 Å². The Morgan fingerprint density at radius 2 is 2.00 bits per heavy atom. The van der Waals surface area contributed by atoms with Crippen molar-refractivity contribution >= 4 is 17.6 Å². The second-order valence-electron chi connectivity index (χ2n) is 5.58. The molecule has 104 valence electrons. The number of benzene rings is 1. The molecule has 1 fully saturated rings. The van der Waals surface area contributed by atoms with Crippen LogP contribution in [0.2, 0.25) is 0 Å². The van der Waals surface area contributed by atoms with Crippen LogP contribution in [0.15, 0.2) is 41.5 Å². The largest absolute Gasteiger partial charge is 0.279 e. The van der Waals surface area contributed by atoms with Crippen LogP contribution in [0.5, 0.6) is 0 Å². The molecular formula is C15H17N3O2. The topological polar surface area (TPSA) is 67.5 Å². The summed E-state index contributed by atoms with van der Waals surface area (Å²) in [6, 6.07) is 6.28. The Labute approximate surface area is 117 Å². The van der Waals surface area contributed by atoms with Gasteiger partial charge < -0.3 is 0 Å². The molecule has 0 saturated heterocycles. The van der Waals surface area contributed by atoms with E-state index in [9.17, 15) is 10.1 Å². The summed E-state index contributed by atoms with van der Waals surface area (Å²) in [5, 5.41) is 14.8. The zero-order valence-corrected chi connectivity index (χ0v) is 11.3. The number of rotatable bonds is 4.